The van der Waals surface area contributed by atoms with E-state index in [4.69, 9.17) is 4.74 Å². The predicted molar refractivity (Wildman–Crippen MR) is 301 cm³/mol. The summed E-state index contributed by atoms with van der Waals surface area (Å²) in [5.41, 5.74) is 0. The van der Waals surface area contributed by atoms with E-state index in [1.54, 1.807) is 0 Å². The van der Waals surface area contributed by atoms with Crippen LogP contribution in [-0.4, -0.2) is 47.4 Å². The molecule has 0 saturated heterocycles. The molecule has 1 amide bonds. The van der Waals surface area contributed by atoms with Crippen molar-refractivity contribution in [3.63, 3.8) is 0 Å². The number of aliphatic hydroxyl groups is 2. The van der Waals surface area contributed by atoms with Gasteiger partial charge < -0.3 is 20.3 Å². The van der Waals surface area contributed by atoms with Crippen LogP contribution in [0.15, 0.2) is 12.2 Å². The van der Waals surface area contributed by atoms with Crippen LogP contribution >= 0.6 is 0 Å². The maximum absolute atomic E-state index is 12.4. The number of hydrogen-bond donors (Lipinski definition) is 3. The highest BCUT2D eigenvalue weighted by molar-refractivity contribution is 5.76. The van der Waals surface area contributed by atoms with Crippen molar-refractivity contribution in [3.05, 3.63) is 12.2 Å². The van der Waals surface area contributed by atoms with Crippen molar-refractivity contribution in [2.75, 3.05) is 13.2 Å². The monoisotopic (exact) mass is 974 g/mol. The molecule has 6 heteroatoms. The molecule has 2 unspecified atom stereocenters. The van der Waals surface area contributed by atoms with Gasteiger partial charge in [0.15, 0.2) is 0 Å². The molecule has 0 aromatic heterocycles. The number of ether oxygens (including phenoxy) is 1. The van der Waals surface area contributed by atoms with Gasteiger partial charge in [-0.2, -0.15) is 0 Å². The van der Waals surface area contributed by atoms with E-state index in [-0.39, 0.29) is 18.5 Å². The van der Waals surface area contributed by atoms with Gasteiger partial charge in [0, 0.05) is 12.8 Å². The van der Waals surface area contributed by atoms with E-state index in [1.807, 2.05) is 0 Å². The quantitative estimate of drug-likeness (QED) is 0.0321. The van der Waals surface area contributed by atoms with Gasteiger partial charge in [0.05, 0.1) is 25.4 Å². The Balaban J connectivity index is 3.36. The molecule has 6 nitrogen and oxygen atoms in total. The molecule has 0 heterocycles. The summed E-state index contributed by atoms with van der Waals surface area (Å²) in [6, 6.07) is -0.542. The van der Waals surface area contributed by atoms with Gasteiger partial charge in [-0.05, 0) is 51.4 Å². The molecule has 0 aromatic carbocycles. The van der Waals surface area contributed by atoms with Crippen molar-refractivity contribution in [3.8, 4) is 0 Å². The van der Waals surface area contributed by atoms with Crippen LogP contribution in [-0.2, 0) is 14.3 Å². The molecule has 0 rings (SSSR count). The molecule has 69 heavy (non-hydrogen) atoms. The Morgan fingerprint density at radius 2 is 0.681 bits per heavy atom. The third kappa shape index (κ3) is 55.8. The maximum Gasteiger partial charge on any atom is 0.305 e. The first kappa shape index (κ1) is 67.6. The molecule has 0 spiro atoms. The Kier molecular flexibility index (Phi) is 58.0. The molecule has 0 aliphatic carbocycles. The van der Waals surface area contributed by atoms with Gasteiger partial charge in [0.2, 0.25) is 5.91 Å². The number of hydrogen-bond acceptors (Lipinski definition) is 5. The zero-order valence-electron chi connectivity index (χ0n) is 46.8. The first-order valence-corrected chi connectivity index (χ1v) is 31.4. The van der Waals surface area contributed by atoms with Gasteiger partial charge in [0.25, 0.3) is 0 Å². The molecule has 0 saturated carbocycles. The average Bonchev–Trinajstić information content (AvgIpc) is 3.35. The second-order valence-corrected chi connectivity index (χ2v) is 21.7. The van der Waals surface area contributed by atoms with E-state index < -0.39 is 12.1 Å². The molecule has 2 atom stereocenters. The van der Waals surface area contributed by atoms with Crippen LogP contribution in [0.25, 0.3) is 0 Å². The van der Waals surface area contributed by atoms with E-state index >= 15 is 0 Å². The van der Waals surface area contributed by atoms with Gasteiger partial charge in [-0.1, -0.05) is 302 Å². The summed E-state index contributed by atoms with van der Waals surface area (Å²) in [6.45, 7) is 4.97. The SMILES string of the molecule is CCCCCCCCCCCCCCCCCCCC(=O)OCCCCCCCCCCCCCC/C=C\CCCCCCCCCCC(=O)NC(CO)C(O)CCCCCCCCCCCCC. The number of rotatable bonds is 59. The number of carbonyl (C=O) groups excluding carboxylic acids is 2. The van der Waals surface area contributed by atoms with Gasteiger partial charge in [-0.15, -0.1) is 0 Å². The van der Waals surface area contributed by atoms with Crippen molar-refractivity contribution in [1.82, 2.24) is 5.32 Å². The summed E-state index contributed by atoms with van der Waals surface area (Å²) >= 11 is 0. The number of aliphatic hydroxyl groups excluding tert-OH is 2. The number of allylic oxidation sites excluding steroid dienone is 2. The molecule has 0 bridgehead atoms. The molecule has 0 fully saturated rings. The highest BCUT2D eigenvalue weighted by Gasteiger charge is 2.20. The minimum Gasteiger partial charge on any atom is -0.466 e. The third-order valence-electron chi connectivity index (χ3n) is 14.8. The van der Waals surface area contributed by atoms with E-state index in [2.05, 4.69) is 31.3 Å². The van der Waals surface area contributed by atoms with Crippen molar-refractivity contribution >= 4 is 11.9 Å². The highest BCUT2D eigenvalue weighted by atomic mass is 16.5. The third-order valence-corrected chi connectivity index (χ3v) is 14.8. The van der Waals surface area contributed by atoms with Crippen LogP contribution < -0.4 is 5.32 Å². The highest BCUT2D eigenvalue weighted by Crippen LogP contribution is 2.18. The van der Waals surface area contributed by atoms with Gasteiger partial charge in [0.1, 0.15) is 0 Å². The fourth-order valence-corrected chi connectivity index (χ4v) is 9.99. The van der Waals surface area contributed by atoms with Crippen LogP contribution in [0, 0.1) is 0 Å². The minimum atomic E-state index is -0.665. The Hall–Kier alpha value is -1.40. The van der Waals surface area contributed by atoms with Gasteiger partial charge in [-0.3, -0.25) is 9.59 Å². The Bertz CT molecular complexity index is 1030. The summed E-state index contributed by atoms with van der Waals surface area (Å²) < 4.78 is 5.50. The lowest BCUT2D eigenvalue weighted by Gasteiger charge is -2.22. The van der Waals surface area contributed by atoms with Crippen LogP contribution in [0.1, 0.15) is 354 Å². The number of unbranched alkanes of at least 4 members (excludes halogenated alkanes) is 46. The van der Waals surface area contributed by atoms with Gasteiger partial charge in [-0.25, -0.2) is 0 Å². The summed E-state index contributed by atoms with van der Waals surface area (Å²) in [4.78, 5) is 24.5. The number of amides is 1. The molecular formula is C63H123NO5. The van der Waals surface area contributed by atoms with Crippen molar-refractivity contribution in [1.29, 1.82) is 0 Å². The standard InChI is InChI=1S/C63H123NO5/c1-3-5-7-9-11-13-15-16-17-26-30-33-37-41-45-49-53-57-63(68)69-58-54-50-46-42-38-34-31-28-25-23-21-19-18-20-22-24-27-29-32-36-40-44-48-52-56-62(67)64-60(59-65)61(66)55-51-47-43-39-35-14-12-10-8-6-4-2/h20,22,60-61,65-66H,3-19,21,23-59H2,1-2H3,(H,64,67)/b22-20-. The van der Waals surface area contributed by atoms with E-state index in [0.717, 1.165) is 38.5 Å². The molecular weight excluding hydrogens is 851 g/mol. The minimum absolute atomic E-state index is 0.0171. The van der Waals surface area contributed by atoms with Crippen LogP contribution in [0.5, 0.6) is 0 Å². The average molecular weight is 975 g/mol. The van der Waals surface area contributed by atoms with Crippen LogP contribution in [0.4, 0.5) is 0 Å². The summed E-state index contributed by atoms with van der Waals surface area (Å²) in [7, 11) is 0. The number of carbonyl (C=O) groups is 2. The normalized spacial score (nSPS) is 12.6. The van der Waals surface area contributed by atoms with Crippen molar-refractivity contribution in [2.45, 2.75) is 366 Å². The molecule has 0 aliphatic rings. The van der Waals surface area contributed by atoms with E-state index in [9.17, 15) is 19.8 Å². The molecule has 3 N–H and O–H groups in total. The largest absolute Gasteiger partial charge is 0.466 e. The smallest absolute Gasteiger partial charge is 0.305 e. The molecule has 0 aromatic rings. The van der Waals surface area contributed by atoms with Crippen molar-refractivity contribution in [2.24, 2.45) is 0 Å². The predicted octanol–water partition coefficient (Wildman–Crippen LogP) is 19.6. The zero-order chi connectivity index (χ0) is 50.0. The topological polar surface area (TPSA) is 95.9 Å². The lowest BCUT2D eigenvalue weighted by Crippen LogP contribution is -2.45. The maximum atomic E-state index is 12.4. The first-order chi connectivity index (χ1) is 34.0. The zero-order valence-corrected chi connectivity index (χ0v) is 46.8. The van der Waals surface area contributed by atoms with Crippen LogP contribution in [0.2, 0.25) is 0 Å². The van der Waals surface area contributed by atoms with Gasteiger partial charge >= 0.3 is 5.97 Å². The second kappa shape index (κ2) is 59.2. The number of esters is 1. The number of nitrogens with one attached hydrogen (secondary N) is 1. The first-order valence-electron chi connectivity index (χ1n) is 31.4. The summed E-state index contributed by atoms with van der Waals surface area (Å²) in [5, 5.41) is 23.2. The second-order valence-electron chi connectivity index (χ2n) is 21.7. The Morgan fingerprint density at radius 3 is 1.03 bits per heavy atom. The van der Waals surface area contributed by atoms with E-state index in [1.165, 1.54) is 283 Å². The fourth-order valence-electron chi connectivity index (χ4n) is 9.99. The fraction of sp³-hybridized carbons (Fsp3) is 0.937. The summed E-state index contributed by atoms with van der Waals surface area (Å²) in [5.74, 6) is -0.0220. The lowest BCUT2D eigenvalue weighted by molar-refractivity contribution is -0.143. The Labute approximate surface area is 431 Å². The lowest BCUT2D eigenvalue weighted by atomic mass is 10.0. The molecule has 410 valence electrons. The molecule has 0 radical (unpaired) electrons. The molecule has 0 aliphatic heterocycles. The summed E-state index contributed by atoms with van der Waals surface area (Å²) in [6.07, 6.45) is 70.9. The van der Waals surface area contributed by atoms with Crippen molar-refractivity contribution < 1.29 is 24.5 Å². The van der Waals surface area contributed by atoms with E-state index in [0.29, 0.717) is 25.9 Å². The van der Waals surface area contributed by atoms with Crippen LogP contribution in [0.3, 0.4) is 0 Å². The Morgan fingerprint density at radius 1 is 0.391 bits per heavy atom.